The number of aliphatic hydroxyl groups is 1. The fourth-order valence-electron chi connectivity index (χ4n) is 2.45. The molecule has 2 saturated carbocycles. The van der Waals surface area contributed by atoms with Crippen molar-refractivity contribution in [3.05, 3.63) is 0 Å². The molecule has 0 aromatic carbocycles. The molecule has 0 saturated heterocycles. The first-order chi connectivity index (χ1) is 8.17. The third kappa shape index (κ3) is 4.23. The molecule has 0 aromatic rings. The molecule has 1 unspecified atom stereocenters. The second-order valence-electron chi connectivity index (χ2n) is 6.25. The number of aliphatic hydroxyl groups excluding tert-OH is 1. The SMILES string of the molecule is CCCNC(C)(CO)CN(CC1CC1)C1CC1. The summed E-state index contributed by atoms with van der Waals surface area (Å²) in [5.74, 6) is 0.949. The molecular formula is C14H28N2O. The summed E-state index contributed by atoms with van der Waals surface area (Å²) in [5.41, 5.74) is -0.118. The summed E-state index contributed by atoms with van der Waals surface area (Å²) in [7, 11) is 0. The zero-order chi connectivity index (χ0) is 12.3. The van der Waals surface area contributed by atoms with E-state index in [1.165, 1.54) is 32.2 Å². The van der Waals surface area contributed by atoms with Crippen molar-refractivity contribution >= 4 is 0 Å². The maximum absolute atomic E-state index is 9.62. The Kier molecular flexibility index (Phi) is 4.45. The molecule has 1 atom stereocenters. The van der Waals surface area contributed by atoms with Crippen LogP contribution in [0.1, 0.15) is 46.0 Å². The summed E-state index contributed by atoms with van der Waals surface area (Å²) in [6.07, 6.45) is 6.69. The van der Waals surface area contributed by atoms with E-state index in [-0.39, 0.29) is 12.1 Å². The highest BCUT2D eigenvalue weighted by Crippen LogP contribution is 2.35. The summed E-state index contributed by atoms with van der Waals surface area (Å²) < 4.78 is 0. The Morgan fingerprint density at radius 3 is 2.47 bits per heavy atom. The van der Waals surface area contributed by atoms with Crippen molar-refractivity contribution in [1.29, 1.82) is 0 Å². The number of nitrogens with zero attached hydrogens (tertiary/aromatic N) is 1. The van der Waals surface area contributed by atoms with Crippen LogP contribution in [0.15, 0.2) is 0 Å². The predicted octanol–water partition coefficient (Wildman–Crippen LogP) is 1.61. The van der Waals surface area contributed by atoms with Gasteiger partial charge >= 0.3 is 0 Å². The lowest BCUT2D eigenvalue weighted by Crippen LogP contribution is -2.55. The largest absolute Gasteiger partial charge is 0.394 e. The van der Waals surface area contributed by atoms with Crippen LogP contribution in [0, 0.1) is 5.92 Å². The molecule has 0 spiro atoms. The van der Waals surface area contributed by atoms with Crippen LogP contribution in [0.25, 0.3) is 0 Å². The van der Waals surface area contributed by atoms with E-state index in [0.29, 0.717) is 0 Å². The second kappa shape index (κ2) is 5.68. The van der Waals surface area contributed by atoms with Gasteiger partial charge in [0.25, 0.3) is 0 Å². The average Bonchev–Trinajstić information content (AvgIpc) is 3.16. The Morgan fingerprint density at radius 1 is 1.29 bits per heavy atom. The third-order valence-corrected chi connectivity index (χ3v) is 3.96. The predicted molar refractivity (Wildman–Crippen MR) is 71.1 cm³/mol. The van der Waals surface area contributed by atoms with Gasteiger partial charge in [-0.05, 0) is 51.5 Å². The zero-order valence-corrected chi connectivity index (χ0v) is 11.4. The van der Waals surface area contributed by atoms with Crippen LogP contribution in [0.3, 0.4) is 0 Å². The van der Waals surface area contributed by atoms with E-state index in [4.69, 9.17) is 0 Å². The zero-order valence-electron chi connectivity index (χ0n) is 11.4. The van der Waals surface area contributed by atoms with Crippen LogP contribution < -0.4 is 5.32 Å². The Balaban J connectivity index is 1.84. The van der Waals surface area contributed by atoms with Gasteiger partial charge in [0, 0.05) is 19.1 Å². The molecule has 2 rings (SSSR count). The molecule has 0 amide bonds. The minimum absolute atomic E-state index is 0.118. The number of hydrogen-bond acceptors (Lipinski definition) is 3. The summed E-state index contributed by atoms with van der Waals surface area (Å²) in [6.45, 7) is 7.83. The number of nitrogens with one attached hydrogen (secondary N) is 1. The van der Waals surface area contributed by atoms with Crippen molar-refractivity contribution in [2.45, 2.75) is 57.5 Å². The molecule has 2 aliphatic rings. The molecule has 0 heterocycles. The Hall–Kier alpha value is -0.120. The van der Waals surface area contributed by atoms with Crippen molar-refractivity contribution in [3.8, 4) is 0 Å². The Labute approximate surface area is 106 Å². The van der Waals surface area contributed by atoms with Crippen molar-refractivity contribution in [3.63, 3.8) is 0 Å². The van der Waals surface area contributed by atoms with Gasteiger partial charge in [0.05, 0.1) is 12.1 Å². The molecule has 100 valence electrons. The smallest absolute Gasteiger partial charge is 0.0623 e. The molecule has 0 radical (unpaired) electrons. The Morgan fingerprint density at radius 2 is 2.00 bits per heavy atom. The van der Waals surface area contributed by atoms with Crippen molar-refractivity contribution in [2.24, 2.45) is 5.92 Å². The van der Waals surface area contributed by atoms with E-state index in [1.54, 1.807) is 0 Å². The topological polar surface area (TPSA) is 35.5 Å². The van der Waals surface area contributed by atoms with E-state index < -0.39 is 0 Å². The molecule has 2 aliphatic carbocycles. The van der Waals surface area contributed by atoms with Gasteiger partial charge in [0.15, 0.2) is 0 Å². The first-order valence-corrected chi connectivity index (χ1v) is 7.27. The molecule has 0 aromatic heterocycles. The molecule has 0 bridgehead atoms. The van der Waals surface area contributed by atoms with E-state index in [1.807, 2.05) is 0 Å². The van der Waals surface area contributed by atoms with Crippen molar-refractivity contribution < 1.29 is 5.11 Å². The molecule has 17 heavy (non-hydrogen) atoms. The monoisotopic (exact) mass is 240 g/mol. The average molecular weight is 240 g/mol. The minimum Gasteiger partial charge on any atom is -0.394 e. The molecule has 3 heteroatoms. The van der Waals surface area contributed by atoms with Gasteiger partial charge in [-0.15, -0.1) is 0 Å². The second-order valence-corrected chi connectivity index (χ2v) is 6.25. The maximum Gasteiger partial charge on any atom is 0.0623 e. The van der Waals surface area contributed by atoms with Crippen LogP contribution in [0.5, 0.6) is 0 Å². The molecule has 3 nitrogen and oxygen atoms in total. The standard InChI is InChI=1S/C14H28N2O/c1-3-8-15-14(2,11-17)10-16(13-6-7-13)9-12-4-5-12/h12-13,15,17H,3-11H2,1-2H3. The van der Waals surface area contributed by atoms with Crippen LogP contribution in [0.2, 0.25) is 0 Å². The van der Waals surface area contributed by atoms with Gasteiger partial charge in [-0.1, -0.05) is 6.92 Å². The van der Waals surface area contributed by atoms with Crippen molar-refractivity contribution in [2.75, 3.05) is 26.2 Å². The lowest BCUT2D eigenvalue weighted by molar-refractivity contribution is 0.113. The highest BCUT2D eigenvalue weighted by atomic mass is 16.3. The summed E-state index contributed by atoms with van der Waals surface area (Å²) >= 11 is 0. The summed E-state index contributed by atoms with van der Waals surface area (Å²) in [5, 5.41) is 13.1. The minimum atomic E-state index is -0.118. The van der Waals surface area contributed by atoms with Gasteiger partial charge in [0.2, 0.25) is 0 Å². The van der Waals surface area contributed by atoms with E-state index in [2.05, 4.69) is 24.1 Å². The van der Waals surface area contributed by atoms with Gasteiger partial charge in [-0.25, -0.2) is 0 Å². The Bertz CT molecular complexity index is 238. The first kappa shape index (κ1) is 13.3. The normalized spacial score (nSPS) is 24.0. The highest BCUT2D eigenvalue weighted by molar-refractivity contribution is 4.94. The third-order valence-electron chi connectivity index (χ3n) is 3.96. The van der Waals surface area contributed by atoms with E-state index in [9.17, 15) is 5.11 Å². The van der Waals surface area contributed by atoms with Crippen LogP contribution >= 0.6 is 0 Å². The summed E-state index contributed by atoms with van der Waals surface area (Å²) in [6, 6.07) is 0.810. The van der Waals surface area contributed by atoms with Crippen molar-refractivity contribution in [1.82, 2.24) is 10.2 Å². The lowest BCUT2D eigenvalue weighted by Gasteiger charge is -2.35. The van der Waals surface area contributed by atoms with Gasteiger partial charge in [0.1, 0.15) is 0 Å². The molecule has 2 fully saturated rings. The fraction of sp³-hybridized carbons (Fsp3) is 1.00. The first-order valence-electron chi connectivity index (χ1n) is 7.27. The van der Waals surface area contributed by atoms with E-state index >= 15 is 0 Å². The van der Waals surface area contributed by atoms with Crippen LogP contribution in [0.4, 0.5) is 0 Å². The van der Waals surface area contributed by atoms with E-state index in [0.717, 1.165) is 31.5 Å². The number of hydrogen-bond donors (Lipinski definition) is 2. The highest BCUT2D eigenvalue weighted by Gasteiger charge is 2.37. The fourth-order valence-corrected chi connectivity index (χ4v) is 2.45. The molecular weight excluding hydrogens is 212 g/mol. The quantitative estimate of drug-likeness (QED) is 0.643. The number of rotatable bonds is 9. The molecule has 0 aliphatic heterocycles. The van der Waals surface area contributed by atoms with Gasteiger partial charge < -0.3 is 10.4 Å². The lowest BCUT2D eigenvalue weighted by atomic mass is 10.0. The van der Waals surface area contributed by atoms with Crippen LogP contribution in [-0.2, 0) is 0 Å². The maximum atomic E-state index is 9.62. The van der Waals surface area contributed by atoms with Gasteiger partial charge in [-0.3, -0.25) is 4.90 Å². The van der Waals surface area contributed by atoms with Gasteiger partial charge in [-0.2, -0.15) is 0 Å². The molecule has 2 N–H and O–H groups in total. The van der Waals surface area contributed by atoms with Crippen LogP contribution in [-0.4, -0.2) is 47.8 Å². The summed E-state index contributed by atoms with van der Waals surface area (Å²) in [4.78, 5) is 2.62.